The molecule has 0 bridgehead atoms. The zero-order valence-corrected chi connectivity index (χ0v) is 12.3. The molecule has 0 saturated heterocycles. The van der Waals surface area contributed by atoms with Gasteiger partial charge in [-0.15, -0.1) is 0 Å². The molecule has 1 atom stereocenters. The van der Waals surface area contributed by atoms with Gasteiger partial charge in [0.05, 0.1) is 7.11 Å². The van der Waals surface area contributed by atoms with Crippen LogP contribution in [0.15, 0.2) is 48.5 Å². The van der Waals surface area contributed by atoms with E-state index in [1.165, 1.54) is 19.2 Å². The number of esters is 1. The highest BCUT2D eigenvalue weighted by Gasteiger charge is 2.36. The number of benzene rings is 2. The lowest BCUT2D eigenvalue weighted by Gasteiger charge is -2.29. The third-order valence-electron chi connectivity index (χ3n) is 3.46. The highest BCUT2D eigenvalue weighted by Crippen LogP contribution is 2.28. The van der Waals surface area contributed by atoms with Crippen LogP contribution < -0.4 is 5.32 Å². The molecular formula is C17H18FNO2. The van der Waals surface area contributed by atoms with Crippen LogP contribution in [0.1, 0.15) is 18.1 Å². The molecule has 1 N–H and O–H groups in total. The maximum atomic E-state index is 13.0. The molecule has 2 rings (SSSR count). The molecule has 0 aliphatic carbocycles. The molecule has 0 saturated carbocycles. The Morgan fingerprint density at radius 1 is 1.10 bits per heavy atom. The number of hydrogen-bond donors (Lipinski definition) is 1. The molecule has 0 aliphatic heterocycles. The van der Waals surface area contributed by atoms with Gasteiger partial charge in [-0.05, 0) is 43.7 Å². The van der Waals surface area contributed by atoms with Gasteiger partial charge in [0.2, 0.25) is 0 Å². The average molecular weight is 287 g/mol. The molecule has 3 nitrogen and oxygen atoms in total. The molecule has 21 heavy (non-hydrogen) atoms. The smallest absolute Gasteiger partial charge is 0.335 e. The standard InChI is InChI=1S/C17H18FNO2/c1-12-4-6-13(7-5-12)17(2,16(20)21-3)19-15-10-8-14(18)9-11-15/h4-11,19H,1-3H3. The molecule has 2 aromatic carbocycles. The van der Waals surface area contributed by atoms with Crippen molar-refractivity contribution in [3.8, 4) is 0 Å². The van der Waals surface area contributed by atoms with Crippen molar-refractivity contribution in [3.05, 3.63) is 65.5 Å². The quantitative estimate of drug-likeness (QED) is 0.873. The number of rotatable bonds is 4. The number of carbonyl (C=O) groups is 1. The lowest BCUT2D eigenvalue weighted by molar-refractivity contribution is -0.145. The molecule has 0 fully saturated rings. The highest BCUT2D eigenvalue weighted by atomic mass is 19.1. The van der Waals surface area contributed by atoms with E-state index in [0.29, 0.717) is 5.69 Å². The Kier molecular flexibility index (Phi) is 4.26. The maximum absolute atomic E-state index is 13.0. The van der Waals surface area contributed by atoms with Gasteiger partial charge in [0.25, 0.3) is 0 Å². The van der Waals surface area contributed by atoms with Crippen LogP contribution in [0.25, 0.3) is 0 Å². The fourth-order valence-corrected chi connectivity index (χ4v) is 2.15. The lowest BCUT2D eigenvalue weighted by atomic mass is 9.91. The molecule has 0 spiro atoms. The maximum Gasteiger partial charge on any atom is 0.335 e. The van der Waals surface area contributed by atoms with Gasteiger partial charge in [0.15, 0.2) is 5.54 Å². The number of nitrogens with one attached hydrogen (secondary N) is 1. The summed E-state index contributed by atoms with van der Waals surface area (Å²) in [5, 5.41) is 3.13. The van der Waals surface area contributed by atoms with Crippen molar-refractivity contribution in [2.45, 2.75) is 19.4 Å². The van der Waals surface area contributed by atoms with Crippen molar-refractivity contribution >= 4 is 11.7 Å². The number of hydrogen-bond acceptors (Lipinski definition) is 3. The molecule has 110 valence electrons. The van der Waals surface area contributed by atoms with Crippen LogP contribution in [0.2, 0.25) is 0 Å². The van der Waals surface area contributed by atoms with E-state index in [1.807, 2.05) is 31.2 Å². The fraction of sp³-hybridized carbons (Fsp3) is 0.235. The van der Waals surface area contributed by atoms with Gasteiger partial charge in [-0.3, -0.25) is 0 Å². The van der Waals surface area contributed by atoms with E-state index >= 15 is 0 Å². The van der Waals surface area contributed by atoms with Crippen molar-refractivity contribution in [2.24, 2.45) is 0 Å². The van der Waals surface area contributed by atoms with E-state index in [4.69, 9.17) is 4.74 Å². The number of ether oxygens (including phenoxy) is 1. The van der Waals surface area contributed by atoms with Crippen molar-refractivity contribution in [1.29, 1.82) is 0 Å². The topological polar surface area (TPSA) is 38.3 Å². The van der Waals surface area contributed by atoms with Gasteiger partial charge in [-0.25, -0.2) is 9.18 Å². The second-order valence-corrected chi connectivity index (χ2v) is 5.11. The van der Waals surface area contributed by atoms with Crippen LogP contribution in [0.5, 0.6) is 0 Å². The monoisotopic (exact) mass is 287 g/mol. The van der Waals surface area contributed by atoms with Crippen LogP contribution in [0.4, 0.5) is 10.1 Å². The van der Waals surface area contributed by atoms with Crippen molar-refractivity contribution in [1.82, 2.24) is 0 Å². The number of methoxy groups -OCH3 is 1. The van der Waals surface area contributed by atoms with Gasteiger partial charge >= 0.3 is 5.97 Å². The van der Waals surface area contributed by atoms with Crippen LogP contribution in [-0.2, 0) is 15.1 Å². The first-order valence-electron chi connectivity index (χ1n) is 6.65. The zero-order valence-electron chi connectivity index (χ0n) is 12.3. The second-order valence-electron chi connectivity index (χ2n) is 5.11. The molecule has 1 unspecified atom stereocenters. The summed E-state index contributed by atoms with van der Waals surface area (Å²) in [6.07, 6.45) is 0. The highest BCUT2D eigenvalue weighted by molar-refractivity contribution is 5.85. The summed E-state index contributed by atoms with van der Waals surface area (Å²) in [7, 11) is 1.35. The Hall–Kier alpha value is -2.36. The summed E-state index contributed by atoms with van der Waals surface area (Å²) < 4.78 is 17.9. The molecule has 0 aliphatic rings. The molecule has 4 heteroatoms. The predicted molar refractivity (Wildman–Crippen MR) is 80.6 cm³/mol. The summed E-state index contributed by atoms with van der Waals surface area (Å²) in [4.78, 5) is 12.2. The largest absolute Gasteiger partial charge is 0.467 e. The summed E-state index contributed by atoms with van der Waals surface area (Å²) in [6, 6.07) is 13.5. The summed E-state index contributed by atoms with van der Waals surface area (Å²) in [5.74, 6) is -0.730. The summed E-state index contributed by atoms with van der Waals surface area (Å²) in [5.41, 5.74) is 1.49. The minimum Gasteiger partial charge on any atom is -0.467 e. The van der Waals surface area contributed by atoms with Crippen LogP contribution >= 0.6 is 0 Å². The predicted octanol–water partition coefficient (Wildman–Crippen LogP) is 3.63. The van der Waals surface area contributed by atoms with Crippen LogP contribution in [-0.4, -0.2) is 13.1 Å². The Balaban J connectivity index is 2.39. The average Bonchev–Trinajstić information content (AvgIpc) is 2.49. The Labute approximate surface area is 123 Å². The van der Waals surface area contributed by atoms with Gasteiger partial charge < -0.3 is 10.1 Å². The van der Waals surface area contributed by atoms with Crippen molar-refractivity contribution < 1.29 is 13.9 Å². The first-order chi connectivity index (χ1) is 9.95. The van der Waals surface area contributed by atoms with E-state index in [0.717, 1.165) is 11.1 Å². The molecule has 0 radical (unpaired) electrons. The second kappa shape index (κ2) is 5.95. The van der Waals surface area contributed by atoms with E-state index in [1.54, 1.807) is 19.1 Å². The number of anilines is 1. The SMILES string of the molecule is COC(=O)C(C)(Nc1ccc(F)cc1)c1ccc(C)cc1. The third-order valence-corrected chi connectivity index (χ3v) is 3.46. The van der Waals surface area contributed by atoms with Gasteiger partial charge in [-0.2, -0.15) is 0 Å². The minimum atomic E-state index is -1.04. The Morgan fingerprint density at radius 2 is 1.67 bits per heavy atom. The molecule has 2 aromatic rings. The first-order valence-corrected chi connectivity index (χ1v) is 6.65. The first kappa shape index (κ1) is 15.0. The molecule has 0 amide bonds. The van der Waals surface area contributed by atoms with E-state index in [2.05, 4.69) is 5.32 Å². The van der Waals surface area contributed by atoms with Crippen LogP contribution in [0.3, 0.4) is 0 Å². The van der Waals surface area contributed by atoms with Gasteiger partial charge in [-0.1, -0.05) is 29.8 Å². The van der Waals surface area contributed by atoms with Crippen molar-refractivity contribution in [2.75, 3.05) is 12.4 Å². The zero-order chi connectivity index (χ0) is 15.5. The lowest BCUT2D eigenvalue weighted by Crippen LogP contribution is -2.41. The Morgan fingerprint density at radius 3 is 2.19 bits per heavy atom. The van der Waals surface area contributed by atoms with E-state index in [9.17, 15) is 9.18 Å². The summed E-state index contributed by atoms with van der Waals surface area (Å²) >= 11 is 0. The number of carbonyl (C=O) groups excluding carboxylic acids is 1. The molecule has 0 heterocycles. The number of halogens is 1. The van der Waals surface area contributed by atoms with E-state index < -0.39 is 11.5 Å². The Bertz CT molecular complexity index is 622. The normalized spacial score (nSPS) is 13.3. The summed E-state index contributed by atoms with van der Waals surface area (Å²) in [6.45, 7) is 3.72. The fourth-order valence-electron chi connectivity index (χ4n) is 2.15. The van der Waals surface area contributed by atoms with Crippen LogP contribution in [0, 0.1) is 12.7 Å². The van der Waals surface area contributed by atoms with Crippen molar-refractivity contribution in [3.63, 3.8) is 0 Å². The third kappa shape index (κ3) is 3.21. The molecule has 0 aromatic heterocycles. The van der Waals surface area contributed by atoms with E-state index in [-0.39, 0.29) is 5.82 Å². The van der Waals surface area contributed by atoms with Gasteiger partial charge in [0, 0.05) is 5.69 Å². The van der Waals surface area contributed by atoms with Gasteiger partial charge in [0.1, 0.15) is 5.82 Å². The molecular weight excluding hydrogens is 269 g/mol. The minimum absolute atomic E-state index is 0.323. The number of aryl methyl sites for hydroxylation is 1.